The fraction of sp³-hybridized carbons (Fsp3) is 0.786. The van der Waals surface area contributed by atoms with Crippen LogP contribution in [0.15, 0.2) is 24.3 Å². The molecule has 0 N–H and O–H groups in total. The molecule has 6 saturated carbocycles. The Morgan fingerprint density at radius 3 is 2.13 bits per heavy atom. The maximum absolute atomic E-state index is 13.5. The monoisotopic (exact) mass is 402 g/mol. The maximum atomic E-state index is 13.5. The van der Waals surface area contributed by atoms with E-state index >= 15 is 0 Å². The van der Waals surface area contributed by atoms with E-state index in [1.165, 1.54) is 51.4 Å². The number of rotatable bonds is 1. The van der Waals surface area contributed by atoms with Crippen LogP contribution in [0.4, 0.5) is 0 Å². The van der Waals surface area contributed by atoms with Crippen molar-refractivity contribution < 1.29 is 9.59 Å². The van der Waals surface area contributed by atoms with Crippen molar-refractivity contribution in [3.05, 3.63) is 24.3 Å². The highest BCUT2D eigenvalue weighted by atomic mass is 16.1. The molecule has 8 aliphatic carbocycles. The van der Waals surface area contributed by atoms with Gasteiger partial charge in [-0.1, -0.05) is 24.3 Å². The normalized spacial score (nSPS) is 61.5. The summed E-state index contributed by atoms with van der Waals surface area (Å²) in [5.74, 6) is 6.66. The quantitative estimate of drug-likeness (QED) is 0.552. The van der Waals surface area contributed by atoms with Gasteiger partial charge in [0.25, 0.3) is 0 Å². The molecule has 0 radical (unpaired) electrons. The van der Waals surface area contributed by atoms with Gasteiger partial charge in [-0.3, -0.25) is 9.59 Å². The third-order valence-electron chi connectivity index (χ3n) is 12.4. The molecule has 8 rings (SSSR count). The zero-order valence-corrected chi connectivity index (χ0v) is 18.0. The summed E-state index contributed by atoms with van der Waals surface area (Å²) in [5, 5.41) is 0. The molecular formula is C28H34O2. The van der Waals surface area contributed by atoms with Gasteiger partial charge in [-0.25, -0.2) is 0 Å². The molecule has 6 fully saturated rings. The molecule has 158 valence electrons. The minimum atomic E-state index is 0.213. The van der Waals surface area contributed by atoms with E-state index in [1.807, 2.05) is 0 Å². The Labute approximate surface area is 179 Å². The average molecular weight is 403 g/mol. The second-order valence-corrected chi connectivity index (χ2v) is 12.7. The number of carbonyl (C=O) groups excluding carboxylic acids is 2. The number of ketones is 2. The predicted molar refractivity (Wildman–Crippen MR) is 114 cm³/mol. The first-order valence-electron chi connectivity index (χ1n) is 13.0. The Balaban J connectivity index is 1.17. The van der Waals surface area contributed by atoms with Crippen molar-refractivity contribution in [3.63, 3.8) is 0 Å². The molecule has 2 spiro atoms. The average Bonchev–Trinajstić information content (AvgIpc) is 3.49. The molecule has 0 unspecified atom stereocenters. The molecule has 0 aromatic rings. The second kappa shape index (κ2) is 5.41. The largest absolute Gasteiger partial charge is 0.299 e. The van der Waals surface area contributed by atoms with Gasteiger partial charge in [0.15, 0.2) is 0 Å². The third kappa shape index (κ3) is 1.76. The summed E-state index contributed by atoms with van der Waals surface area (Å²) in [6.45, 7) is 0. The first-order chi connectivity index (χ1) is 14.6. The van der Waals surface area contributed by atoms with Crippen LogP contribution in [0.25, 0.3) is 0 Å². The van der Waals surface area contributed by atoms with E-state index in [2.05, 4.69) is 24.3 Å². The number of hydrogen-bond acceptors (Lipinski definition) is 2. The van der Waals surface area contributed by atoms with E-state index < -0.39 is 0 Å². The van der Waals surface area contributed by atoms with Crippen LogP contribution in [-0.4, -0.2) is 11.6 Å². The molecule has 0 aliphatic heterocycles. The van der Waals surface area contributed by atoms with Crippen LogP contribution >= 0.6 is 0 Å². The smallest absolute Gasteiger partial charge is 0.136 e. The van der Waals surface area contributed by atoms with Crippen molar-refractivity contribution in [2.75, 3.05) is 0 Å². The summed E-state index contributed by atoms with van der Waals surface area (Å²) in [6.07, 6.45) is 21.9. The van der Waals surface area contributed by atoms with Crippen molar-refractivity contribution in [2.24, 2.45) is 70.0 Å². The minimum absolute atomic E-state index is 0.213. The SMILES string of the molecule is O=C1C[C@@H]([C@@H]2C(=O)C[C@@H]3C[C@]45C=CC[C@@H]4CC[C@@H]5[C@@H]32)[C@H]2C[C@]34C=CC[C@@H]3CC[C@H]4[C@H]12. The highest BCUT2D eigenvalue weighted by Gasteiger charge is 2.70. The highest BCUT2D eigenvalue weighted by molar-refractivity contribution is 5.89. The van der Waals surface area contributed by atoms with Gasteiger partial charge in [-0.15, -0.1) is 0 Å². The fourth-order valence-electron chi connectivity index (χ4n) is 11.8. The van der Waals surface area contributed by atoms with Crippen LogP contribution in [0.3, 0.4) is 0 Å². The van der Waals surface area contributed by atoms with Crippen molar-refractivity contribution in [2.45, 2.75) is 64.2 Å². The van der Waals surface area contributed by atoms with Crippen LogP contribution in [0.1, 0.15) is 64.2 Å². The first-order valence-corrected chi connectivity index (χ1v) is 13.0. The predicted octanol–water partition coefficient (Wildman–Crippen LogP) is 5.38. The lowest BCUT2D eigenvalue weighted by molar-refractivity contribution is -0.124. The summed E-state index contributed by atoms with van der Waals surface area (Å²) in [6, 6.07) is 0. The Bertz CT molecular complexity index is 914. The summed E-state index contributed by atoms with van der Waals surface area (Å²) in [5.41, 5.74) is 0.759. The lowest BCUT2D eigenvalue weighted by Crippen LogP contribution is -2.34. The van der Waals surface area contributed by atoms with E-state index in [0.29, 0.717) is 52.0 Å². The molecule has 2 heteroatoms. The van der Waals surface area contributed by atoms with Crippen LogP contribution in [0, 0.1) is 70.0 Å². The van der Waals surface area contributed by atoms with Gasteiger partial charge in [0.2, 0.25) is 0 Å². The van der Waals surface area contributed by atoms with Gasteiger partial charge in [0.05, 0.1) is 0 Å². The number of fused-ring (bicyclic) bond motifs is 4. The van der Waals surface area contributed by atoms with Crippen molar-refractivity contribution in [1.29, 1.82) is 0 Å². The summed E-state index contributed by atoms with van der Waals surface area (Å²) >= 11 is 0. The molecule has 8 aliphatic rings. The van der Waals surface area contributed by atoms with E-state index in [4.69, 9.17) is 0 Å². The summed E-state index contributed by atoms with van der Waals surface area (Å²) < 4.78 is 0. The van der Waals surface area contributed by atoms with Crippen molar-refractivity contribution >= 4 is 11.6 Å². The van der Waals surface area contributed by atoms with E-state index in [9.17, 15) is 9.59 Å². The van der Waals surface area contributed by atoms with Crippen LogP contribution in [0.2, 0.25) is 0 Å². The third-order valence-corrected chi connectivity index (χ3v) is 12.4. The molecule has 0 saturated heterocycles. The Morgan fingerprint density at radius 1 is 0.700 bits per heavy atom. The number of allylic oxidation sites excluding steroid dienone is 4. The van der Waals surface area contributed by atoms with Crippen LogP contribution in [-0.2, 0) is 9.59 Å². The molecular weight excluding hydrogens is 368 g/mol. The summed E-state index contributed by atoms with van der Waals surface area (Å²) in [4.78, 5) is 26.9. The number of carbonyl (C=O) groups is 2. The van der Waals surface area contributed by atoms with Gasteiger partial charge in [-0.2, -0.15) is 0 Å². The Hall–Kier alpha value is -1.18. The molecule has 0 heterocycles. The van der Waals surface area contributed by atoms with Gasteiger partial charge in [-0.05, 0) is 110 Å². The van der Waals surface area contributed by atoms with E-state index in [-0.39, 0.29) is 11.8 Å². The molecule has 0 bridgehead atoms. The van der Waals surface area contributed by atoms with Gasteiger partial charge in [0.1, 0.15) is 11.6 Å². The Kier molecular flexibility index (Phi) is 3.13. The molecule has 30 heavy (non-hydrogen) atoms. The number of Topliss-reactive ketones (excluding diaryl/α,β-unsaturated/α-hetero) is 2. The second-order valence-electron chi connectivity index (χ2n) is 12.7. The minimum Gasteiger partial charge on any atom is -0.299 e. The summed E-state index contributed by atoms with van der Waals surface area (Å²) in [7, 11) is 0. The van der Waals surface area contributed by atoms with Gasteiger partial charge < -0.3 is 0 Å². The molecule has 0 aromatic heterocycles. The van der Waals surface area contributed by atoms with Crippen molar-refractivity contribution in [1.82, 2.24) is 0 Å². The topological polar surface area (TPSA) is 34.1 Å². The molecule has 12 atom stereocenters. The van der Waals surface area contributed by atoms with E-state index in [1.54, 1.807) is 0 Å². The zero-order valence-electron chi connectivity index (χ0n) is 18.0. The highest BCUT2D eigenvalue weighted by Crippen LogP contribution is 2.73. The molecule has 0 amide bonds. The first kappa shape index (κ1) is 17.4. The van der Waals surface area contributed by atoms with Crippen LogP contribution in [0.5, 0.6) is 0 Å². The van der Waals surface area contributed by atoms with Crippen LogP contribution < -0.4 is 0 Å². The zero-order chi connectivity index (χ0) is 19.8. The lowest BCUT2D eigenvalue weighted by Gasteiger charge is -2.36. The molecule has 2 nitrogen and oxygen atoms in total. The van der Waals surface area contributed by atoms with E-state index in [0.717, 1.165) is 30.6 Å². The number of hydrogen-bond donors (Lipinski definition) is 0. The van der Waals surface area contributed by atoms with Gasteiger partial charge in [0, 0.05) is 24.7 Å². The van der Waals surface area contributed by atoms with Gasteiger partial charge >= 0.3 is 0 Å². The maximum Gasteiger partial charge on any atom is 0.136 e. The lowest BCUT2D eigenvalue weighted by atomic mass is 9.67. The fourth-order valence-corrected chi connectivity index (χ4v) is 11.8. The van der Waals surface area contributed by atoms with Crippen molar-refractivity contribution in [3.8, 4) is 0 Å². The molecule has 0 aromatic carbocycles. The standard InChI is InChI=1S/C28H34O2/c29-22-11-15-13-27-9-1-3-16(27)5-7-20(27)24(15)26(22)18-12-23(30)25-19(18)14-28-10-2-4-17(28)6-8-21(25)28/h1-2,9-10,15-21,24-26H,3-8,11-14H2/t15-,16-,17-,18-,19-,20-,21+,24-,25-,26-,27-,28-/m1/s1. The Morgan fingerprint density at radius 2 is 1.37 bits per heavy atom.